The fraction of sp³-hybridized carbons (Fsp3) is 0.800. The summed E-state index contributed by atoms with van der Waals surface area (Å²) in [6, 6.07) is 0. The molecule has 1 aliphatic heterocycles. The molecule has 0 aromatic carbocycles. The first kappa shape index (κ1) is 8.79. The third-order valence-corrected chi connectivity index (χ3v) is 2.07. The van der Waals surface area contributed by atoms with Crippen molar-refractivity contribution in [1.82, 2.24) is 0 Å². The minimum atomic E-state index is 0.532. The zero-order valence-electron chi connectivity index (χ0n) is 7.38. The average Bonchev–Trinajstić information content (AvgIpc) is 1.94. The van der Waals surface area contributed by atoms with Crippen LogP contribution >= 0.6 is 0 Å². The highest BCUT2D eigenvalue weighted by Gasteiger charge is 2.07. The van der Waals surface area contributed by atoms with Crippen molar-refractivity contribution in [1.29, 1.82) is 0 Å². The second-order valence-electron chi connectivity index (χ2n) is 3.12. The maximum absolute atomic E-state index is 5.67. The van der Waals surface area contributed by atoms with E-state index in [4.69, 9.17) is 4.74 Å². The summed E-state index contributed by atoms with van der Waals surface area (Å²) in [6.45, 7) is 3.14. The quantitative estimate of drug-likeness (QED) is 0.556. The molecule has 1 aliphatic rings. The van der Waals surface area contributed by atoms with Gasteiger partial charge in [-0.3, -0.25) is 0 Å². The van der Waals surface area contributed by atoms with Crippen LogP contribution in [0, 0.1) is 0 Å². The Morgan fingerprint density at radius 2 is 2.18 bits per heavy atom. The molecule has 1 atom stereocenters. The Bertz CT molecular complexity index is 118. The number of ether oxygens (including phenoxy) is 1. The summed E-state index contributed by atoms with van der Waals surface area (Å²) < 4.78 is 5.67. The Balaban J connectivity index is 2.24. The summed E-state index contributed by atoms with van der Waals surface area (Å²) in [5, 5.41) is 0. The van der Waals surface area contributed by atoms with E-state index in [1.807, 2.05) is 0 Å². The summed E-state index contributed by atoms with van der Waals surface area (Å²) in [5.74, 6) is 0. The molecule has 0 fully saturated rings. The maximum atomic E-state index is 5.67. The zero-order chi connectivity index (χ0) is 7.94. The summed E-state index contributed by atoms with van der Waals surface area (Å²) >= 11 is 0. The van der Waals surface area contributed by atoms with Gasteiger partial charge in [-0.1, -0.05) is 25.5 Å². The number of rotatable bonds is 2. The van der Waals surface area contributed by atoms with Crippen LogP contribution in [0.1, 0.15) is 39.0 Å². The largest absolute Gasteiger partial charge is 0.378 e. The highest BCUT2D eigenvalue weighted by Crippen LogP contribution is 2.12. The van der Waals surface area contributed by atoms with Crippen molar-refractivity contribution in [3.05, 3.63) is 12.2 Å². The third kappa shape index (κ3) is 3.57. The van der Waals surface area contributed by atoms with Crippen molar-refractivity contribution in [3.8, 4) is 0 Å². The molecule has 0 bridgehead atoms. The van der Waals surface area contributed by atoms with Gasteiger partial charge in [-0.2, -0.15) is 0 Å². The van der Waals surface area contributed by atoms with Gasteiger partial charge in [0.15, 0.2) is 0 Å². The smallest absolute Gasteiger partial charge is 0.0578 e. The van der Waals surface area contributed by atoms with E-state index in [1.165, 1.54) is 25.7 Å². The van der Waals surface area contributed by atoms with Gasteiger partial charge in [0.05, 0.1) is 12.7 Å². The van der Waals surface area contributed by atoms with Crippen molar-refractivity contribution in [2.45, 2.75) is 45.1 Å². The van der Waals surface area contributed by atoms with Crippen molar-refractivity contribution < 1.29 is 4.74 Å². The highest BCUT2D eigenvalue weighted by atomic mass is 16.5. The van der Waals surface area contributed by atoms with E-state index in [9.17, 15) is 0 Å². The van der Waals surface area contributed by atoms with Crippen molar-refractivity contribution >= 4 is 0 Å². The fourth-order valence-corrected chi connectivity index (χ4v) is 1.45. The van der Waals surface area contributed by atoms with E-state index >= 15 is 0 Å². The molecular weight excluding hydrogens is 136 g/mol. The molecule has 64 valence electrons. The topological polar surface area (TPSA) is 9.23 Å². The first-order chi connectivity index (χ1) is 5.43. The van der Waals surface area contributed by atoms with Crippen molar-refractivity contribution in [3.63, 3.8) is 0 Å². The molecule has 0 aromatic rings. The van der Waals surface area contributed by atoms with Crippen LogP contribution in [-0.2, 0) is 4.74 Å². The zero-order valence-corrected chi connectivity index (χ0v) is 7.38. The fourth-order valence-electron chi connectivity index (χ4n) is 1.45. The van der Waals surface area contributed by atoms with Crippen LogP contribution in [0.5, 0.6) is 0 Å². The second-order valence-corrected chi connectivity index (χ2v) is 3.12. The lowest BCUT2D eigenvalue weighted by atomic mass is 10.1. The second kappa shape index (κ2) is 5.36. The number of hydrogen-bond donors (Lipinski definition) is 0. The summed E-state index contributed by atoms with van der Waals surface area (Å²) in [7, 11) is 0. The van der Waals surface area contributed by atoms with Crippen LogP contribution in [0.15, 0.2) is 12.2 Å². The van der Waals surface area contributed by atoms with E-state index in [2.05, 4.69) is 19.1 Å². The van der Waals surface area contributed by atoms with Gasteiger partial charge in [-0.15, -0.1) is 0 Å². The minimum Gasteiger partial charge on any atom is -0.378 e. The van der Waals surface area contributed by atoms with Gasteiger partial charge in [0.25, 0.3) is 0 Å². The standard InChI is InChI=1S/C10H18O/c1-2-7-10-8-5-3-4-6-9-11-10/h3-4,10H,2,5-9H2,1H3/b4-3+. The Kier molecular flexibility index (Phi) is 4.29. The van der Waals surface area contributed by atoms with Gasteiger partial charge in [-0.25, -0.2) is 0 Å². The monoisotopic (exact) mass is 154 g/mol. The molecule has 0 saturated heterocycles. The van der Waals surface area contributed by atoms with E-state index in [-0.39, 0.29) is 0 Å². The van der Waals surface area contributed by atoms with Crippen molar-refractivity contribution in [2.24, 2.45) is 0 Å². The molecule has 1 nitrogen and oxygen atoms in total. The Hall–Kier alpha value is -0.300. The summed E-state index contributed by atoms with van der Waals surface area (Å²) in [4.78, 5) is 0. The Morgan fingerprint density at radius 1 is 1.36 bits per heavy atom. The predicted molar refractivity (Wildman–Crippen MR) is 47.6 cm³/mol. The molecule has 0 radical (unpaired) electrons. The van der Waals surface area contributed by atoms with E-state index < -0.39 is 0 Å². The van der Waals surface area contributed by atoms with Crippen molar-refractivity contribution in [2.75, 3.05) is 6.61 Å². The molecule has 1 heterocycles. The molecule has 11 heavy (non-hydrogen) atoms. The normalized spacial score (nSPS) is 29.0. The van der Waals surface area contributed by atoms with Gasteiger partial charge in [0.1, 0.15) is 0 Å². The number of allylic oxidation sites excluding steroid dienone is 1. The molecule has 1 unspecified atom stereocenters. The maximum Gasteiger partial charge on any atom is 0.0578 e. The molecular formula is C10H18O. The van der Waals surface area contributed by atoms with E-state index in [1.54, 1.807) is 0 Å². The van der Waals surface area contributed by atoms with Gasteiger partial charge < -0.3 is 4.74 Å². The lowest BCUT2D eigenvalue weighted by Gasteiger charge is -2.17. The third-order valence-electron chi connectivity index (χ3n) is 2.07. The minimum absolute atomic E-state index is 0.532. The van der Waals surface area contributed by atoms with Crippen LogP contribution in [0.3, 0.4) is 0 Å². The van der Waals surface area contributed by atoms with Gasteiger partial charge in [0, 0.05) is 0 Å². The molecule has 1 heteroatoms. The van der Waals surface area contributed by atoms with Crippen LogP contribution in [0.4, 0.5) is 0 Å². The first-order valence-corrected chi connectivity index (χ1v) is 4.70. The van der Waals surface area contributed by atoms with Gasteiger partial charge in [-0.05, 0) is 25.7 Å². The molecule has 0 spiro atoms. The Labute approximate surface area is 69.4 Å². The predicted octanol–water partition coefficient (Wildman–Crippen LogP) is 2.91. The Morgan fingerprint density at radius 3 is 3.00 bits per heavy atom. The van der Waals surface area contributed by atoms with Crippen LogP contribution < -0.4 is 0 Å². The molecule has 0 aliphatic carbocycles. The lowest BCUT2D eigenvalue weighted by molar-refractivity contribution is 0.0429. The van der Waals surface area contributed by atoms with E-state index in [0.29, 0.717) is 6.10 Å². The van der Waals surface area contributed by atoms with E-state index in [0.717, 1.165) is 13.0 Å². The molecule has 0 saturated carbocycles. The van der Waals surface area contributed by atoms with Crippen LogP contribution in [-0.4, -0.2) is 12.7 Å². The van der Waals surface area contributed by atoms with Crippen LogP contribution in [0.25, 0.3) is 0 Å². The van der Waals surface area contributed by atoms with Gasteiger partial charge in [0.2, 0.25) is 0 Å². The SMILES string of the molecule is CCCC1CC/C=C/CCO1. The summed E-state index contributed by atoms with van der Waals surface area (Å²) in [5.41, 5.74) is 0. The highest BCUT2D eigenvalue weighted by molar-refractivity contribution is 4.84. The van der Waals surface area contributed by atoms with Gasteiger partial charge >= 0.3 is 0 Å². The molecule has 1 rings (SSSR count). The molecule has 0 N–H and O–H groups in total. The summed E-state index contributed by atoms with van der Waals surface area (Å²) in [6.07, 6.45) is 11.0. The van der Waals surface area contributed by atoms with Crippen LogP contribution in [0.2, 0.25) is 0 Å². The molecule has 0 aromatic heterocycles. The number of hydrogen-bond acceptors (Lipinski definition) is 1. The first-order valence-electron chi connectivity index (χ1n) is 4.70. The lowest BCUT2D eigenvalue weighted by Crippen LogP contribution is -2.14. The average molecular weight is 154 g/mol. The molecule has 0 amide bonds.